The molecule has 2 heteroatoms. The Labute approximate surface area is 131 Å². The van der Waals surface area contributed by atoms with E-state index in [2.05, 4.69) is 82.9 Å². The van der Waals surface area contributed by atoms with Crippen molar-refractivity contribution in [3.63, 3.8) is 0 Å². The minimum absolute atomic E-state index is 0.477. The Morgan fingerprint density at radius 2 is 1.76 bits per heavy atom. The fourth-order valence-electron chi connectivity index (χ4n) is 1.84. The van der Waals surface area contributed by atoms with Crippen LogP contribution in [0.4, 0.5) is 0 Å². The molecule has 116 valence electrons. The number of hydrogen-bond donors (Lipinski definition) is 0. The SMILES string of the molecule is C=C/C=C(\C=C(\C)N(C)CC(C=C(C)C)=NC=C)C(C)C. The molecule has 0 unspecified atom stereocenters. The standard InChI is InChI=1S/C19H30N2/c1-9-11-18(16(5)6)13-17(7)21(8)14-19(20-10-2)12-15(3)4/h9-13,16H,1-2,14H2,3-8H3/b17-13-,18-11+,20-19?. The summed E-state index contributed by atoms with van der Waals surface area (Å²) < 4.78 is 0. The first-order chi connectivity index (χ1) is 9.81. The number of nitrogens with zero attached hydrogens (tertiary/aromatic N) is 2. The van der Waals surface area contributed by atoms with Crippen LogP contribution in [0.25, 0.3) is 0 Å². The summed E-state index contributed by atoms with van der Waals surface area (Å²) in [6.07, 6.45) is 9.80. The molecule has 0 radical (unpaired) electrons. The zero-order valence-corrected chi connectivity index (χ0v) is 14.5. The van der Waals surface area contributed by atoms with E-state index in [9.17, 15) is 0 Å². The summed E-state index contributed by atoms with van der Waals surface area (Å²) in [6.45, 7) is 18.9. The van der Waals surface area contributed by atoms with Crippen molar-refractivity contribution < 1.29 is 0 Å². The third-order valence-electron chi connectivity index (χ3n) is 3.07. The lowest BCUT2D eigenvalue weighted by Crippen LogP contribution is -2.23. The quantitative estimate of drug-likeness (QED) is 0.445. The second-order valence-corrected chi connectivity index (χ2v) is 5.72. The molecule has 2 nitrogen and oxygen atoms in total. The lowest BCUT2D eigenvalue weighted by atomic mass is 10.0. The van der Waals surface area contributed by atoms with Crippen molar-refractivity contribution in [2.45, 2.75) is 34.6 Å². The average molecular weight is 286 g/mol. The summed E-state index contributed by atoms with van der Waals surface area (Å²) in [5.74, 6) is 0.477. The van der Waals surface area contributed by atoms with Crippen LogP contribution in [-0.2, 0) is 0 Å². The van der Waals surface area contributed by atoms with Crippen LogP contribution >= 0.6 is 0 Å². The Balaban J connectivity index is 5.15. The van der Waals surface area contributed by atoms with Crippen LogP contribution in [0.3, 0.4) is 0 Å². The first-order valence-electron chi connectivity index (χ1n) is 7.36. The highest BCUT2D eigenvalue weighted by Crippen LogP contribution is 2.15. The van der Waals surface area contributed by atoms with Gasteiger partial charge in [0.2, 0.25) is 0 Å². The van der Waals surface area contributed by atoms with Gasteiger partial charge in [-0.2, -0.15) is 0 Å². The third kappa shape index (κ3) is 8.13. The molecular weight excluding hydrogens is 256 g/mol. The molecule has 0 saturated heterocycles. The molecule has 0 aromatic carbocycles. The van der Waals surface area contributed by atoms with Crippen LogP contribution in [0, 0.1) is 5.92 Å². The van der Waals surface area contributed by atoms with E-state index in [1.165, 1.54) is 16.8 Å². The molecule has 0 aromatic rings. The van der Waals surface area contributed by atoms with Gasteiger partial charge in [0.05, 0.1) is 12.3 Å². The normalized spacial score (nSPS) is 13.2. The van der Waals surface area contributed by atoms with E-state index in [1.54, 1.807) is 6.20 Å². The molecule has 0 spiro atoms. The summed E-state index contributed by atoms with van der Waals surface area (Å²) in [6, 6.07) is 0. The molecule has 0 aliphatic heterocycles. The van der Waals surface area contributed by atoms with Crippen molar-refractivity contribution in [2.75, 3.05) is 13.6 Å². The van der Waals surface area contributed by atoms with Crippen molar-refractivity contribution in [1.29, 1.82) is 0 Å². The van der Waals surface area contributed by atoms with Crippen LogP contribution in [0.15, 0.2) is 65.5 Å². The Morgan fingerprint density at radius 3 is 2.19 bits per heavy atom. The summed E-state index contributed by atoms with van der Waals surface area (Å²) in [5, 5.41) is 0. The molecule has 0 aromatic heterocycles. The monoisotopic (exact) mass is 286 g/mol. The number of aliphatic imine (C=N–C) groups is 1. The lowest BCUT2D eigenvalue weighted by Gasteiger charge is -2.21. The summed E-state index contributed by atoms with van der Waals surface area (Å²) in [4.78, 5) is 6.54. The smallest absolute Gasteiger partial charge is 0.0595 e. The van der Waals surface area contributed by atoms with Crippen molar-refractivity contribution in [2.24, 2.45) is 10.9 Å². The molecule has 0 fully saturated rings. The molecule has 0 aliphatic rings. The van der Waals surface area contributed by atoms with Gasteiger partial charge in [0.15, 0.2) is 0 Å². The van der Waals surface area contributed by atoms with Gasteiger partial charge >= 0.3 is 0 Å². The topological polar surface area (TPSA) is 15.6 Å². The van der Waals surface area contributed by atoms with Gasteiger partial charge in [-0.05, 0) is 44.4 Å². The van der Waals surface area contributed by atoms with Gasteiger partial charge in [0.1, 0.15) is 0 Å². The van der Waals surface area contributed by atoms with E-state index in [0.717, 1.165) is 12.3 Å². The average Bonchev–Trinajstić information content (AvgIpc) is 2.37. The van der Waals surface area contributed by atoms with Gasteiger partial charge in [0.25, 0.3) is 0 Å². The van der Waals surface area contributed by atoms with Crippen molar-refractivity contribution in [1.82, 2.24) is 4.90 Å². The largest absolute Gasteiger partial charge is 0.372 e. The Kier molecular flexibility index (Phi) is 9.11. The summed E-state index contributed by atoms with van der Waals surface area (Å²) >= 11 is 0. The maximum atomic E-state index is 4.34. The zero-order valence-electron chi connectivity index (χ0n) is 14.5. The Morgan fingerprint density at radius 1 is 1.14 bits per heavy atom. The molecule has 0 amide bonds. The maximum Gasteiger partial charge on any atom is 0.0595 e. The van der Waals surface area contributed by atoms with Crippen LogP contribution in [0.1, 0.15) is 34.6 Å². The minimum atomic E-state index is 0.477. The van der Waals surface area contributed by atoms with Crippen LogP contribution in [-0.4, -0.2) is 24.2 Å². The minimum Gasteiger partial charge on any atom is -0.372 e. The van der Waals surface area contributed by atoms with E-state index < -0.39 is 0 Å². The Bertz CT molecular complexity index is 470. The highest BCUT2D eigenvalue weighted by Gasteiger charge is 2.05. The molecule has 0 heterocycles. The van der Waals surface area contributed by atoms with Crippen LogP contribution in [0.2, 0.25) is 0 Å². The second-order valence-electron chi connectivity index (χ2n) is 5.72. The van der Waals surface area contributed by atoms with E-state index in [1.807, 2.05) is 6.08 Å². The van der Waals surface area contributed by atoms with Gasteiger partial charge in [-0.15, -0.1) is 0 Å². The van der Waals surface area contributed by atoms with Crippen molar-refractivity contribution in [3.8, 4) is 0 Å². The third-order valence-corrected chi connectivity index (χ3v) is 3.07. The van der Waals surface area contributed by atoms with Gasteiger partial charge in [-0.25, -0.2) is 0 Å². The predicted molar refractivity (Wildman–Crippen MR) is 96.6 cm³/mol. The van der Waals surface area contributed by atoms with Gasteiger partial charge < -0.3 is 4.90 Å². The molecule has 0 saturated carbocycles. The molecule has 0 N–H and O–H groups in total. The number of allylic oxidation sites excluding steroid dienone is 6. The van der Waals surface area contributed by atoms with Gasteiger partial charge in [0, 0.05) is 18.9 Å². The first kappa shape index (κ1) is 19.2. The van der Waals surface area contributed by atoms with E-state index >= 15 is 0 Å². The maximum absolute atomic E-state index is 4.34. The molecule has 0 rings (SSSR count). The fourth-order valence-corrected chi connectivity index (χ4v) is 1.84. The predicted octanol–water partition coefficient (Wildman–Crippen LogP) is 5.14. The lowest BCUT2D eigenvalue weighted by molar-refractivity contribution is 0.478. The van der Waals surface area contributed by atoms with Crippen LogP contribution < -0.4 is 0 Å². The summed E-state index contributed by atoms with van der Waals surface area (Å²) in [7, 11) is 2.08. The molecule has 0 atom stereocenters. The van der Waals surface area contributed by atoms with Gasteiger partial charge in [-0.3, -0.25) is 4.99 Å². The molecular formula is C19H30N2. The highest BCUT2D eigenvalue weighted by atomic mass is 15.1. The highest BCUT2D eigenvalue weighted by molar-refractivity contribution is 5.97. The number of rotatable bonds is 8. The van der Waals surface area contributed by atoms with E-state index in [-0.39, 0.29) is 0 Å². The second kappa shape index (κ2) is 9.98. The Hall–Kier alpha value is -1.83. The number of hydrogen-bond acceptors (Lipinski definition) is 2. The van der Waals surface area contributed by atoms with E-state index in [4.69, 9.17) is 0 Å². The zero-order chi connectivity index (χ0) is 16.4. The van der Waals surface area contributed by atoms with Crippen LogP contribution in [0.5, 0.6) is 0 Å². The van der Waals surface area contributed by atoms with Crippen molar-refractivity contribution >= 4 is 5.71 Å². The summed E-state index contributed by atoms with van der Waals surface area (Å²) in [5.41, 5.74) is 4.73. The van der Waals surface area contributed by atoms with Crippen molar-refractivity contribution in [3.05, 3.63) is 60.5 Å². The van der Waals surface area contributed by atoms with Gasteiger partial charge in [-0.1, -0.05) is 44.7 Å². The first-order valence-corrected chi connectivity index (χ1v) is 7.36. The molecule has 0 aliphatic carbocycles. The van der Waals surface area contributed by atoms with E-state index in [0.29, 0.717) is 5.92 Å². The molecule has 21 heavy (non-hydrogen) atoms. The molecule has 0 bridgehead atoms. The fraction of sp³-hybridized carbons (Fsp3) is 0.421.